The van der Waals surface area contributed by atoms with Crippen LogP contribution in [0.25, 0.3) is 6.08 Å². The Kier molecular flexibility index (Phi) is 7.57. The lowest BCUT2D eigenvalue weighted by Gasteiger charge is -2.19. The molecule has 1 atom stereocenters. The molecule has 160 valence electrons. The molecule has 0 aliphatic rings. The lowest BCUT2D eigenvalue weighted by Crippen LogP contribution is -2.27. The number of amides is 1. The standard InChI is InChI=1S/C25H24ClNO4/c1-29-21-15-17(16-22(30-2)25(21)31-3)9-14-23(28)27-24(18-7-5-4-6-8-18)19-10-12-20(26)13-11-19/h4-16,24H,1-3H3,(H,27,28)/b14-9+. The molecular formula is C25H24ClNO4. The van der Waals surface area contributed by atoms with Gasteiger partial charge in [0.15, 0.2) is 11.5 Å². The van der Waals surface area contributed by atoms with Gasteiger partial charge < -0.3 is 19.5 Å². The van der Waals surface area contributed by atoms with E-state index in [-0.39, 0.29) is 11.9 Å². The van der Waals surface area contributed by atoms with Crippen molar-refractivity contribution in [3.63, 3.8) is 0 Å². The smallest absolute Gasteiger partial charge is 0.244 e. The third-order valence-electron chi connectivity index (χ3n) is 4.74. The summed E-state index contributed by atoms with van der Waals surface area (Å²) in [6.45, 7) is 0. The van der Waals surface area contributed by atoms with Crippen LogP contribution in [-0.4, -0.2) is 27.2 Å². The molecule has 6 heteroatoms. The molecule has 0 radical (unpaired) electrons. The van der Waals surface area contributed by atoms with Gasteiger partial charge in [-0.3, -0.25) is 4.79 Å². The topological polar surface area (TPSA) is 56.8 Å². The first-order valence-corrected chi connectivity index (χ1v) is 10.0. The number of methoxy groups -OCH3 is 3. The molecule has 0 aliphatic carbocycles. The van der Waals surface area contributed by atoms with E-state index in [1.807, 2.05) is 54.6 Å². The van der Waals surface area contributed by atoms with E-state index in [1.54, 1.807) is 39.5 Å². The summed E-state index contributed by atoms with van der Waals surface area (Å²) in [5, 5.41) is 3.71. The zero-order chi connectivity index (χ0) is 22.2. The number of hydrogen-bond acceptors (Lipinski definition) is 4. The molecule has 0 bridgehead atoms. The van der Waals surface area contributed by atoms with E-state index in [4.69, 9.17) is 25.8 Å². The molecule has 0 saturated heterocycles. The van der Waals surface area contributed by atoms with E-state index < -0.39 is 0 Å². The van der Waals surface area contributed by atoms with Crippen molar-refractivity contribution in [2.75, 3.05) is 21.3 Å². The van der Waals surface area contributed by atoms with Crippen LogP contribution in [0, 0.1) is 0 Å². The second-order valence-electron chi connectivity index (χ2n) is 6.70. The number of ether oxygens (including phenoxy) is 3. The number of nitrogens with one attached hydrogen (secondary N) is 1. The minimum atomic E-state index is -0.310. The van der Waals surface area contributed by atoms with E-state index >= 15 is 0 Å². The largest absolute Gasteiger partial charge is 0.493 e. The first-order valence-electron chi connectivity index (χ1n) is 9.64. The Balaban J connectivity index is 1.84. The van der Waals surface area contributed by atoms with Gasteiger partial charge in [-0.15, -0.1) is 0 Å². The molecule has 0 fully saturated rings. The summed E-state index contributed by atoms with van der Waals surface area (Å²) < 4.78 is 16.1. The van der Waals surface area contributed by atoms with Gasteiger partial charge in [0.25, 0.3) is 0 Å². The van der Waals surface area contributed by atoms with Crippen molar-refractivity contribution < 1.29 is 19.0 Å². The van der Waals surface area contributed by atoms with Crippen molar-refractivity contribution in [2.45, 2.75) is 6.04 Å². The second-order valence-corrected chi connectivity index (χ2v) is 7.13. The van der Waals surface area contributed by atoms with Crippen molar-refractivity contribution in [3.8, 4) is 17.2 Å². The first-order chi connectivity index (χ1) is 15.0. The molecule has 0 aromatic heterocycles. The van der Waals surface area contributed by atoms with Crippen molar-refractivity contribution in [1.82, 2.24) is 5.32 Å². The van der Waals surface area contributed by atoms with E-state index in [0.717, 1.165) is 16.7 Å². The normalized spacial score (nSPS) is 11.7. The molecule has 0 spiro atoms. The van der Waals surface area contributed by atoms with E-state index in [1.165, 1.54) is 6.08 Å². The molecule has 3 aromatic rings. The van der Waals surface area contributed by atoms with Gasteiger partial charge in [0.05, 0.1) is 27.4 Å². The highest BCUT2D eigenvalue weighted by Gasteiger charge is 2.16. The number of carbonyl (C=O) groups excluding carboxylic acids is 1. The number of rotatable bonds is 8. The van der Waals surface area contributed by atoms with Crippen LogP contribution in [0.5, 0.6) is 17.2 Å². The van der Waals surface area contributed by atoms with Gasteiger partial charge in [0.2, 0.25) is 11.7 Å². The highest BCUT2D eigenvalue weighted by Crippen LogP contribution is 2.38. The van der Waals surface area contributed by atoms with Gasteiger partial charge in [-0.1, -0.05) is 54.1 Å². The second kappa shape index (κ2) is 10.5. The average molecular weight is 438 g/mol. The predicted octanol–water partition coefficient (Wildman–Crippen LogP) is 5.28. The maximum absolute atomic E-state index is 12.8. The van der Waals surface area contributed by atoms with E-state index in [9.17, 15) is 4.79 Å². The van der Waals surface area contributed by atoms with Crippen LogP contribution in [0.2, 0.25) is 5.02 Å². The maximum Gasteiger partial charge on any atom is 0.244 e. The van der Waals surface area contributed by atoms with Crippen LogP contribution in [0.4, 0.5) is 0 Å². The minimum Gasteiger partial charge on any atom is -0.493 e. The quantitative estimate of drug-likeness (QED) is 0.487. The Morgan fingerprint density at radius 1 is 0.871 bits per heavy atom. The molecule has 3 rings (SSSR count). The lowest BCUT2D eigenvalue weighted by molar-refractivity contribution is -0.116. The molecule has 31 heavy (non-hydrogen) atoms. The Hall–Kier alpha value is -3.44. The van der Waals surface area contributed by atoms with Crippen LogP contribution >= 0.6 is 11.6 Å². The molecule has 0 aliphatic heterocycles. The molecule has 1 N–H and O–H groups in total. The zero-order valence-corrected chi connectivity index (χ0v) is 18.3. The number of halogens is 1. The van der Waals surface area contributed by atoms with Crippen molar-refractivity contribution in [2.24, 2.45) is 0 Å². The van der Waals surface area contributed by atoms with Crippen molar-refractivity contribution in [1.29, 1.82) is 0 Å². The fraction of sp³-hybridized carbons (Fsp3) is 0.160. The summed E-state index contributed by atoms with van der Waals surface area (Å²) in [5.74, 6) is 1.30. The summed E-state index contributed by atoms with van der Waals surface area (Å²) >= 11 is 6.03. The highest BCUT2D eigenvalue weighted by molar-refractivity contribution is 6.30. The molecule has 5 nitrogen and oxygen atoms in total. The van der Waals surface area contributed by atoms with Gasteiger partial charge in [0.1, 0.15) is 0 Å². The summed E-state index contributed by atoms with van der Waals surface area (Å²) in [4.78, 5) is 12.8. The van der Waals surface area contributed by atoms with Crippen LogP contribution in [-0.2, 0) is 4.79 Å². The minimum absolute atomic E-state index is 0.238. The molecule has 1 amide bonds. The SMILES string of the molecule is COc1cc(/C=C/C(=O)NC(c2ccccc2)c2ccc(Cl)cc2)cc(OC)c1OC. The fourth-order valence-corrected chi connectivity index (χ4v) is 3.35. The number of hydrogen-bond donors (Lipinski definition) is 1. The Morgan fingerprint density at radius 2 is 1.45 bits per heavy atom. The summed E-state index contributed by atoms with van der Waals surface area (Å²) in [6.07, 6.45) is 3.18. The molecular weight excluding hydrogens is 414 g/mol. The number of carbonyl (C=O) groups is 1. The average Bonchev–Trinajstić information content (AvgIpc) is 2.81. The lowest BCUT2D eigenvalue weighted by atomic mass is 9.98. The first kappa shape index (κ1) is 22.2. The van der Waals surface area contributed by atoms with E-state index in [0.29, 0.717) is 22.3 Å². The van der Waals surface area contributed by atoms with Crippen molar-refractivity contribution in [3.05, 3.63) is 94.5 Å². The van der Waals surface area contributed by atoms with Gasteiger partial charge in [-0.2, -0.15) is 0 Å². The Morgan fingerprint density at radius 3 is 2.00 bits per heavy atom. The predicted molar refractivity (Wildman–Crippen MR) is 123 cm³/mol. The fourth-order valence-electron chi connectivity index (χ4n) is 3.22. The molecule has 0 saturated carbocycles. The monoisotopic (exact) mass is 437 g/mol. The third-order valence-corrected chi connectivity index (χ3v) is 4.99. The van der Waals surface area contributed by atoms with Gasteiger partial charge in [-0.25, -0.2) is 0 Å². The molecule has 0 heterocycles. The van der Waals surface area contributed by atoms with Crippen LogP contribution in [0.3, 0.4) is 0 Å². The summed E-state index contributed by atoms with van der Waals surface area (Å²) in [7, 11) is 4.64. The third kappa shape index (κ3) is 5.58. The maximum atomic E-state index is 12.8. The summed E-state index contributed by atoms with van der Waals surface area (Å²) in [5.41, 5.74) is 2.65. The molecule has 3 aromatic carbocycles. The van der Waals surface area contributed by atoms with E-state index in [2.05, 4.69) is 5.32 Å². The van der Waals surface area contributed by atoms with Crippen LogP contribution < -0.4 is 19.5 Å². The Labute approximate surface area is 187 Å². The van der Waals surface area contributed by atoms with Crippen LogP contribution in [0.15, 0.2) is 72.8 Å². The van der Waals surface area contributed by atoms with Gasteiger partial charge in [-0.05, 0) is 47.0 Å². The van der Waals surface area contributed by atoms with Crippen LogP contribution in [0.1, 0.15) is 22.7 Å². The van der Waals surface area contributed by atoms with Gasteiger partial charge in [0, 0.05) is 11.1 Å². The zero-order valence-electron chi connectivity index (χ0n) is 17.6. The number of benzene rings is 3. The highest BCUT2D eigenvalue weighted by atomic mass is 35.5. The van der Waals surface area contributed by atoms with Gasteiger partial charge >= 0.3 is 0 Å². The summed E-state index contributed by atoms with van der Waals surface area (Å²) in [6, 6.07) is 20.4. The Bertz CT molecular complexity index is 1020. The molecule has 1 unspecified atom stereocenters. The van der Waals surface area contributed by atoms with Crippen molar-refractivity contribution >= 4 is 23.6 Å².